The number of hydrogen-bond acceptors (Lipinski definition) is 5. The summed E-state index contributed by atoms with van der Waals surface area (Å²) in [6, 6.07) is 11.0. The molecule has 2 N–H and O–H groups in total. The van der Waals surface area contributed by atoms with Crippen molar-refractivity contribution >= 4 is 40.8 Å². The molecule has 3 rings (SSSR count). The standard InChI is InChI=1S/C27H35ClN4O5/c1-6-25(33)32-14-17(2)24(36-5)15-31(4)26(34)22-13-21(11-12-23(22)37-16-18(32)3)30-27(35)29-20-9-7-19(28)8-10-20/h7-13,17-18,24H,6,14-16H2,1-5H3,(H2,29,30,35)/t17-,18+,24+/m0/s1. The van der Waals surface area contributed by atoms with Crippen LogP contribution in [0.1, 0.15) is 37.6 Å². The molecule has 4 amide bonds. The zero-order valence-corrected chi connectivity index (χ0v) is 22.7. The first-order valence-electron chi connectivity index (χ1n) is 12.3. The lowest BCUT2D eigenvalue weighted by atomic mass is 10.0. The van der Waals surface area contributed by atoms with Gasteiger partial charge < -0.3 is 29.9 Å². The lowest BCUT2D eigenvalue weighted by molar-refractivity contribution is -0.135. The average molecular weight is 531 g/mol. The number of rotatable bonds is 4. The van der Waals surface area contributed by atoms with Gasteiger partial charge in [0.25, 0.3) is 5.91 Å². The average Bonchev–Trinajstić information content (AvgIpc) is 2.88. The topological polar surface area (TPSA) is 100 Å². The summed E-state index contributed by atoms with van der Waals surface area (Å²) in [5.41, 5.74) is 1.30. The monoisotopic (exact) mass is 530 g/mol. The van der Waals surface area contributed by atoms with Gasteiger partial charge in [0.15, 0.2) is 0 Å². The second kappa shape index (κ2) is 12.8. The smallest absolute Gasteiger partial charge is 0.323 e. The van der Waals surface area contributed by atoms with Crippen molar-refractivity contribution in [3.8, 4) is 5.75 Å². The number of nitrogens with zero attached hydrogens (tertiary/aromatic N) is 2. The molecule has 37 heavy (non-hydrogen) atoms. The van der Waals surface area contributed by atoms with Gasteiger partial charge in [-0.3, -0.25) is 9.59 Å². The Labute approximate surface area is 223 Å². The highest BCUT2D eigenvalue weighted by Gasteiger charge is 2.30. The van der Waals surface area contributed by atoms with E-state index in [0.717, 1.165) is 0 Å². The molecule has 2 aromatic rings. The van der Waals surface area contributed by atoms with Crippen LogP contribution < -0.4 is 15.4 Å². The van der Waals surface area contributed by atoms with Gasteiger partial charge in [-0.05, 0) is 49.4 Å². The number of anilines is 2. The minimum Gasteiger partial charge on any atom is -0.491 e. The second-order valence-electron chi connectivity index (χ2n) is 9.29. The maximum Gasteiger partial charge on any atom is 0.323 e. The van der Waals surface area contributed by atoms with E-state index in [9.17, 15) is 14.4 Å². The molecule has 0 spiro atoms. The van der Waals surface area contributed by atoms with Crippen molar-refractivity contribution in [1.82, 2.24) is 9.80 Å². The summed E-state index contributed by atoms with van der Waals surface area (Å²) in [7, 11) is 3.31. The molecule has 0 aliphatic carbocycles. The summed E-state index contributed by atoms with van der Waals surface area (Å²) in [6.45, 7) is 6.81. The van der Waals surface area contributed by atoms with Crippen LogP contribution in [0.25, 0.3) is 0 Å². The molecule has 3 atom stereocenters. The van der Waals surface area contributed by atoms with Gasteiger partial charge in [0.1, 0.15) is 12.4 Å². The Kier molecular flexibility index (Phi) is 9.77. The number of methoxy groups -OCH3 is 1. The van der Waals surface area contributed by atoms with Crippen LogP contribution in [0.15, 0.2) is 42.5 Å². The molecule has 0 saturated carbocycles. The zero-order valence-electron chi connectivity index (χ0n) is 21.9. The largest absolute Gasteiger partial charge is 0.491 e. The molecule has 1 aliphatic heterocycles. The Hall–Kier alpha value is -3.30. The third-order valence-corrected chi connectivity index (χ3v) is 6.68. The molecule has 9 nitrogen and oxygen atoms in total. The van der Waals surface area contributed by atoms with Crippen LogP contribution in [0.3, 0.4) is 0 Å². The number of amides is 4. The molecule has 1 aliphatic rings. The van der Waals surface area contributed by atoms with E-state index < -0.39 is 6.03 Å². The lowest BCUT2D eigenvalue weighted by Crippen LogP contribution is -2.48. The summed E-state index contributed by atoms with van der Waals surface area (Å²) < 4.78 is 11.8. The lowest BCUT2D eigenvalue weighted by Gasteiger charge is -2.36. The third kappa shape index (κ3) is 7.36. The molecule has 200 valence electrons. The highest BCUT2D eigenvalue weighted by molar-refractivity contribution is 6.30. The number of hydrogen-bond donors (Lipinski definition) is 2. The van der Waals surface area contributed by atoms with Crippen molar-refractivity contribution in [3.05, 3.63) is 53.1 Å². The SMILES string of the molecule is CCC(=O)N1C[C@H](C)[C@H](OC)CN(C)C(=O)c2cc(NC(=O)Nc3ccc(Cl)cc3)ccc2OC[C@H]1C. The second-order valence-corrected chi connectivity index (χ2v) is 9.73. The van der Waals surface area contributed by atoms with Crippen LogP contribution in [0.4, 0.5) is 16.2 Å². The van der Waals surface area contributed by atoms with Gasteiger partial charge >= 0.3 is 6.03 Å². The summed E-state index contributed by atoms with van der Waals surface area (Å²) in [6.07, 6.45) is 0.111. The molecule has 1 heterocycles. The highest BCUT2D eigenvalue weighted by atomic mass is 35.5. The number of carbonyl (C=O) groups excluding carboxylic acids is 3. The summed E-state index contributed by atoms with van der Waals surface area (Å²) in [4.78, 5) is 42.1. The van der Waals surface area contributed by atoms with Gasteiger partial charge in [-0.25, -0.2) is 4.79 Å². The molecule has 0 radical (unpaired) electrons. The van der Waals surface area contributed by atoms with Crippen LogP contribution in [-0.2, 0) is 9.53 Å². The first-order chi connectivity index (χ1) is 17.6. The number of nitrogens with one attached hydrogen (secondary N) is 2. The molecule has 2 aromatic carbocycles. The molecule has 0 saturated heterocycles. The maximum absolute atomic E-state index is 13.5. The van der Waals surface area contributed by atoms with Crippen LogP contribution >= 0.6 is 11.6 Å². The van der Waals surface area contributed by atoms with Crippen molar-refractivity contribution < 1.29 is 23.9 Å². The molecular weight excluding hydrogens is 496 g/mol. The molecule has 0 bridgehead atoms. The summed E-state index contributed by atoms with van der Waals surface area (Å²) >= 11 is 5.90. The first-order valence-corrected chi connectivity index (χ1v) is 12.7. The predicted octanol–water partition coefficient (Wildman–Crippen LogP) is 4.73. The molecule has 0 fully saturated rings. The van der Waals surface area contributed by atoms with Crippen LogP contribution in [0, 0.1) is 5.92 Å². The van der Waals surface area contributed by atoms with Gasteiger partial charge in [-0.1, -0.05) is 25.4 Å². The number of fused-ring (bicyclic) bond motifs is 1. The Morgan fingerprint density at radius 1 is 1.08 bits per heavy atom. The fraction of sp³-hybridized carbons (Fsp3) is 0.444. The number of likely N-dealkylation sites (N-methyl/N-ethyl adjacent to an activating group) is 1. The maximum atomic E-state index is 13.5. The van der Waals surface area contributed by atoms with Gasteiger partial charge in [0, 0.05) is 56.0 Å². The number of urea groups is 1. The van der Waals surface area contributed by atoms with E-state index in [1.165, 1.54) is 0 Å². The van der Waals surface area contributed by atoms with Gasteiger partial charge in [0.05, 0.1) is 17.7 Å². The molecule has 0 unspecified atom stereocenters. The van der Waals surface area contributed by atoms with E-state index in [2.05, 4.69) is 10.6 Å². The van der Waals surface area contributed by atoms with Crippen molar-refractivity contribution in [2.75, 3.05) is 44.5 Å². The van der Waals surface area contributed by atoms with Gasteiger partial charge in [-0.15, -0.1) is 0 Å². The number of halogens is 1. The number of carbonyl (C=O) groups is 3. The fourth-order valence-corrected chi connectivity index (χ4v) is 4.36. The van der Waals surface area contributed by atoms with Crippen molar-refractivity contribution in [3.63, 3.8) is 0 Å². The van der Waals surface area contributed by atoms with Gasteiger partial charge in [0.2, 0.25) is 5.91 Å². The van der Waals surface area contributed by atoms with Crippen LogP contribution in [-0.4, -0.2) is 73.6 Å². The van der Waals surface area contributed by atoms with Crippen LogP contribution in [0.5, 0.6) is 5.75 Å². The minimum atomic E-state index is -0.465. The fourth-order valence-electron chi connectivity index (χ4n) is 4.23. The molecule has 10 heteroatoms. The molecule has 0 aromatic heterocycles. The predicted molar refractivity (Wildman–Crippen MR) is 144 cm³/mol. The summed E-state index contributed by atoms with van der Waals surface area (Å²) in [5, 5.41) is 6.05. The highest BCUT2D eigenvalue weighted by Crippen LogP contribution is 2.27. The Morgan fingerprint density at radius 2 is 1.73 bits per heavy atom. The zero-order chi connectivity index (χ0) is 27.1. The van der Waals surface area contributed by atoms with Gasteiger partial charge in [-0.2, -0.15) is 0 Å². The quantitative estimate of drug-likeness (QED) is 0.595. The first kappa shape index (κ1) is 28.3. The van der Waals surface area contributed by atoms with E-state index in [4.69, 9.17) is 21.1 Å². The Bertz CT molecular complexity index is 1110. The van der Waals surface area contributed by atoms with Crippen LogP contribution in [0.2, 0.25) is 5.02 Å². The van der Waals surface area contributed by atoms with E-state index in [1.54, 1.807) is 61.5 Å². The van der Waals surface area contributed by atoms with Crippen molar-refractivity contribution in [1.29, 1.82) is 0 Å². The van der Waals surface area contributed by atoms with E-state index in [-0.39, 0.29) is 36.5 Å². The number of ether oxygens (including phenoxy) is 2. The normalized spacial score (nSPS) is 20.7. The van der Waals surface area contributed by atoms with E-state index >= 15 is 0 Å². The minimum absolute atomic E-state index is 0.0124. The van der Waals surface area contributed by atoms with E-state index in [1.807, 2.05) is 25.7 Å². The van der Waals surface area contributed by atoms with E-state index in [0.29, 0.717) is 47.2 Å². The van der Waals surface area contributed by atoms with Crippen molar-refractivity contribution in [2.24, 2.45) is 5.92 Å². The summed E-state index contributed by atoms with van der Waals surface area (Å²) in [5.74, 6) is 0.131. The third-order valence-electron chi connectivity index (χ3n) is 6.43. The number of benzene rings is 2. The Balaban J connectivity index is 1.88. The Morgan fingerprint density at radius 3 is 2.38 bits per heavy atom. The van der Waals surface area contributed by atoms with Crippen molar-refractivity contribution in [2.45, 2.75) is 39.3 Å². The molecular formula is C27H35ClN4O5.